The standard InChI is InChI=1S/C7H11F/c1-6(2)4-5-7(3)8/h4-6H,3H2,1-2H3/b5-4-. The van der Waals surface area contributed by atoms with Gasteiger partial charge in [-0.1, -0.05) is 26.5 Å². The van der Waals surface area contributed by atoms with Crippen molar-refractivity contribution >= 4 is 0 Å². The van der Waals surface area contributed by atoms with Crippen molar-refractivity contribution in [3.05, 3.63) is 24.6 Å². The molecule has 0 rings (SSSR count). The largest absolute Gasteiger partial charge is 0.208 e. The van der Waals surface area contributed by atoms with Gasteiger partial charge in [0.05, 0.1) is 0 Å². The minimum atomic E-state index is -0.376. The summed E-state index contributed by atoms with van der Waals surface area (Å²) in [6, 6.07) is 0. The molecule has 0 amide bonds. The zero-order chi connectivity index (χ0) is 6.57. The van der Waals surface area contributed by atoms with E-state index in [1.807, 2.05) is 13.8 Å². The van der Waals surface area contributed by atoms with Gasteiger partial charge in [0.2, 0.25) is 0 Å². The van der Waals surface area contributed by atoms with Gasteiger partial charge in [0.1, 0.15) is 5.83 Å². The minimum Gasteiger partial charge on any atom is -0.208 e. The Hall–Kier alpha value is -0.590. The van der Waals surface area contributed by atoms with Gasteiger partial charge in [-0.2, -0.15) is 0 Å². The molecule has 0 nitrogen and oxygen atoms in total. The van der Waals surface area contributed by atoms with E-state index in [-0.39, 0.29) is 5.83 Å². The van der Waals surface area contributed by atoms with E-state index in [1.165, 1.54) is 6.08 Å². The zero-order valence-electron chi connectivity index (χ0n) is 5.32. The van der Waals surface area contributed by atoms with Crippen molar-refractivity contribution in [2.75, 3.05) is 0 Å². The molecule has 0 aliphatic heterocycles. The number of allylic oxidation sites excluding steroid dienone is 3. The highest BCUT2D eigenvalue weighted by Gasteiger charge is 1.83. The van der Waals surface area contributed by atoms with Crippen LogP contribution in [0.3, 0.4) is 0 Å². The number of hydrogen-bond acceptors (Lipinski definition) is 0. The first kappa shape index (κ1) is 7.41. The quantitative estimate of drug-likeness (QED) is 0.484. The van der Waals surface area contributed by atoms with E-state index in [9.17, 15) is 4.39 Å². The molecule has 0 radical (unpaired) electrons. The summed E-state index contributed by atoms with van der Waals surface area (Å²) in [5.41, 5.74) is 0. The van der Waals surface area contributed by atoms with E-state index in [4.69, 9.17) is 0 Å². The average molecular weight is 114 g/mol. The molecule has 0 heterocycles. The summed E-state index contributed by atoms with van der Waals surface area (Å²) in [5, 5.41) is 0. The molecule has 0 fully saturated rings. The average Bonchev–Trinajstić information content (AvgIpc) is 1.61. The maximum atomic E-state index is 11.8. The Labute approximate surface area is 49.7 Å². The normalized spacial score (nSPS) is 11.0. The second kappa shape index (κ2) is 3.42. The fraction of sp³-hybridized carbons (Fsp3) is 0.429. The monoisotopic (exact) mass is 114 g/mol. The molecular formula is C7H11F. The molecule has 8 heavy (non-hydrogen) atoms. The van der Waals surface area contributed by atoms with E-state index < -0.39 is 0 Å². The molecule has 0 atom stereocenters. The molecule has 0 saturated carbocycles. The molecule has 0 saturated heterocycles. The Morgan fingerprint density at radius 1 is 1.62 bits per heavy atom. The second-order valence-electron chi connectivity index (χ2n) is 2.05. The first-order chi connectivity index (χ1) is 3.63. The molecule has 0 aromatic carbocycles. The van der Waals surface area contributed by atoms with Gasteiger partial charge in [-0.25, -0.2) is 4.39 Å². The highest BCUT2D eigenvalue weighted by atomic mass is 19.1. The van der Waals surface area contributed by atoms with Crippen LogP contribution in [0, 0.1) is 5.92 Å². The Morgan fingerprint density at radius 3 is 2.25 bits per heavy atom. The first-order valence-corrected chi connectivity index (χ1v) is 2.65. The number of halogens is 1. The summed E-state index contributed by atoms with van der Waals surface area (Å²) in [6.07, 6.45) is 3.15. The molecule has 0 unspecified atom stereocenters. The van der Waals surface area contributed by atoms with Gasteiger partial charge in [-0.3, -0.25) is 0 Å². The van der Waals surface area contributed by atoms with Crippen molar-refractivity contribution in [3.8, 4) is 0 Å². The molecule has 0 aromatic heterocycles. The summed E-state index contributed by atoms with van der Waals surface area (Å²) in [7, 11) is 0. The third kappa shape index (κ3) is 5.41. The minimum absolute atomic E-state index is 0.376. The second-order valence-corrected chi connectivity index (χ2v) is 2.05. The van der Waals surface area contributed by atoms with Gasteiger partial charge in [0.15, 0.2) is 0 Å². The first-order valence-electron chi connectivity index (χ1n) is 2.65. The highest BCUT2D eigenvalue weighted by Crippen LogP contribution is 1.98. The molecule has 0 N–H and O–H groups in total. The van der Waals surface area contributed by atoms with Crippen LogP contribution in [0.4, 0.5) is 4.39 Å². The topological polar surface area (TPSA) is 0 Å². The molecule has 0 aliphatic carbocycles. The molecule has 1 heteroatoms. The van der Waals surface area contributed by atoms with Crippen LogP contribution in [0.25, 0.3) is 0 Å². The van der Waals surface area contributed by atoms with Crippen molar-refractivity contribution in [2.45, 2.75) is 13.8 Å². The van der Waals surface area contributed by atoms with Crippen molar-refractivity contribution in [3.63, 3.8) is 0 Å². The van der Waals surface area contributed by atoms with Crippen LogP contribution in [0.5, 0.6) is 0 Å². The highest BCUT2D eigenvalue weighted by molar-refractivity contribution is 5.06. The van der Waals surface area contributed by atoms with E-state index in [1.54, 1.807) is 6.08 Å². The zero-order valence-corrected chi connectivity index (χ0v) is 5.32. The van der Waals surface area contributed by atoms with Gasteiger partial charge in [0, 0.05) is 0 Å². The fourth-order valence-electron chi connectivity index (χ4n) is 0.297. The van der Waals surface area contributed by atoms with Gasteiger partial charge >= 0.3 is 0 Å². The lowest BCUT2D eigenvalue weighted by Gasteiger charge is -1.89. The van der Waals surface area contributed by atoms with Crippen LogP contribution in [-0.2, 0) is 0 Å². The lowest BCUT2D eigenvalue weighted by molar-refractivity contribution is 0.667. The summed E-state index contributed by atoms with van der Waals surface area (Å²) in [4.78, 5) is 0. The molecule has 0 bridgehead atoms. The van der Waals surface area contributed by atoms with Crippen LogP contribution < -0.4 is 0 Å². The van der Waals surface area contributed by atoms with Gasteiger partial charge in [-0.05, 0) is 12.0 Å². The Morgan fingerprint density at radius 2 is 2.12 bits per heavy atom. The smallest absolute Gasteiger partial charge is 0.115 e. The fourth-order valence-corrected chi connectivity index (χ4v) is 0.297. The van der Waals surface area contributed by atoms with Crippen LogP contribution >= 0.6 is 0 Å². The summed E-state index contributed by atoms with van der Waals surface area (Å²) in [5.74, 6) is 0.0289. The van der Waals surface area contributed by atoms with Crippen molar-refractivity contribution < 1.29 is 4.39 Å². The Bertz CT molecular complexity index is 101. The van der Waals surface area contributed by atoms with Crippen LogP contribution in [0.15, 0.2) is 24.6 Å². The molecule has 0 aliphatic rings. The van der Waals surface area contributed by atoms with Crippen molar-refractivity contribution in [1.29, 1.82) is 0 Å². The lowest BCUT2D eigenvalue weighted by atomic mass is 10.2. The summed E-state index contributed by atoms with van der Waals surface area (Å²) < 4.78 is 11.8. The van der Waals surface area contributed by atoms with Crippen molar-refractivity contribution in [1.82, 2.24) is 0 Å². The lowest BCUT2D eigenvalue weighted by Crippen LogP contribution is -1.75. The third-order valence-electron chi connectivity index (χ3n) is 0.662. The van der Waals surface area contributed by atoms with Gasteiger partial charge in [-0.15, -0.1) is 0 Å². The van der Waals surface area contributed by atoms with Gasteiger partial charge in [0.25, 0.3) is 0 Å². The van der Waals surface area contributed by atoms with E-state index in [0.717, 1.165) is 0 Å². The Kier molecular flexibility index (Phi) is 3.16. The van der Waals surface area contributed by atoms with E-state index >= 15 is 0 Å². The SMILES string of the molecule is C=C(F)/C=C\C(C)C. The number of hydrogen-bond donors (Lipinski definition) is 0. The van der Waals surface area contributed by atoms with E-state index in [0.29, 0.717) is 5.92 Å². The number of rotatable bonds is 2. The maximum Gasteiger partial charge on any atom is 0.115 e. The Balaban J connectivity index is 3.50. The van der Waals surface area contributed by atoms with E-state index in [2.05, 4.69) is 6.58 Å². The van der Waals surface area contributed by atoms with Crippen LogP contribution in [0.1, 0.15) is 13.8 Å². The third-order valence-corrected chi connectivity index (χ3v) is 0.662. The van der Waals surface area contributed by atoms with Crippen LogP contribution in [0.2, 0.25) is 0 Å². The predicted octanol–water partition coefficient (Wildman–Crippen LogP) is 2.68. The maximum absolute atomic E-state index is 11.8. The molecule has 0 aromatic rings. The van der Waals surface area contributed by atoms with Gasteiger partial charge < -0.3 is 0 Å². The summed E-state index contributed by atoms with van der Waals surface area (Å²) >= 11 is 0. The predicted molar refractivity (Wildman–Crippen MR) is 34.2 cm³/mol. The molecular weight excluding hydrogens is 103 g/mol. The molecule has 46 valence electrons. The van der Waals surface area contributed by atoms with Crippen LogP contribution in [-0.4, -0.2) is 0 Å². The molecule has 0 spiro atoms. The summed E-state index contributed by atoms with van der Waals surface area (Å²) in [6.45, 7) is 7.04. The van der Waals surface area contributed by atoms with Crippen molar-refractivity contribution in [2.24, 2.45) is 5.92 Å².